The summed E-state index contributed by atoms with van der Waals surface area (Å²) in [5.74, 6) is 0. The summed E-state index contributed by atoms with van der Waals surface area (Å²) in [4.78, 5) is 0. The summed E-state index contributed by atoms with van der Waals surface area (Å²) in [6.45, 7) is 6.37. The van der Waals surface area contributed by atoms with E-state index in [1.54, 1.807) is 0 Å². The molecule has 0 amide bonds. The fourth-order valence-electron chi connectivity index (χ4n) is 1.91. The van der Waals surface area contributed by atoms with Crippen LogP contribution in [0, 0.1) is 26.8 Å². The monoisotopic (exact) mass is 195 g/mol. The van der Waals surface area contributed by atoms with Crippen LogP contribution in [-0.2, 0) is 0 Å². The van der Waals surface area contributed by atoms with Crippen molar-refractivity contribution >= 4 is 0 Å². The molecule has 0 heterocycles. The Labute approximate surface area is 91.6 Å². The zero-order chi connectivity index (χ0) is 10.8. The topological polar surface area (TPSA) is 0 Å². The summed E-state index contributed by atoms with van der Waals surface area (Å²) in [6.07, 6.45) is 0. The average molecular weight is 195 g/mol. The molecule has 0 aliphatic rings. The smallest absolute Gasteiger partial charge is 0.0119 e. The van der Waals surface area contributed by atoms with Crippen molar-refractivity contribution in [3.05, 3.63) is 59.2 Å². The van der Waals surface area contributed by atoms with E-state index >= 15 is 0 Å². The van der Waals surface area contributed by atoms with Crippen LogP contribution in [0.2, 0.25) is 0 Å². The Balaban J connectivity index is 2.58. The Bertz CT molecular complexity index is 444. The Morgan fingerprint density at radius 1 is 0.867 bits per heavy atom. The zero-order valence-corrected chi connectivity index (χ0v) is 9.46. The second kappa shape index (κ2) is 3.90. The Kier molecular flexibility index (Phi) is 2.59. The largest absolute Gasteiger partial charge is 0.0587 e. The van der Waals surface area contributed by atoms with Crippen molar-refractivity contribution in [1.29, 1.82) is 0 Å². The Hall–Kier alpha value is -1.56. The first-order valence-electron chi connectivity index (χ1n) is 5.23. The van der Waals surface area contributed by atoms with Crippen LogP contribution in [0.5, 0.6) is 0 Å². The van der Waals surface area contributed by atoms with E-state index in [1.807, 2.05) is 6.07 Å². The van der Waals surface area contributed by atoms with Crippen LogP contribution in [0.1, 0.15) is 16.7 Å². The Morgan fingerprint density at radius 2 is 1.53 bits per heavy atom. The quantitative estimate of drug-likeness (QED) is 0.643. The first-order valence-corrected chi connectivity index (χ1v) is 5.23. The lowest BCUT2D eigenvalue weighted by atomic mass is 9.95. The molecule has 0 bridgehead atoms. The predicted molar refractivity (Wildman–Crippen MR) is 64.9 cm³/mol. The second-order valence-corrected chi connectivity index (χ2v) is 4.03. The minimum atomic E-state index is 1.22. The molecule has 2 aromatic rings. The van der Waals surface area contributed by atoms with E-state index in [2.05, 4.69) is 57.2 Å². The molecule has 0 aliphatic carbocycles. The fourth-order valence-corrected chi connectivity index (χ4v) is 1.91. The fraction of sp³-hybridized carbons (Fsp3) is 0.200. The standard InChI is InChI=1S/C15H15/c1-11-7-9-14(10-8-11)15-12(2)5-4-6-13(15)3/h4-5,7-10H,1-3H3. The van der Waals surface area contributed by atoms with Crippen LogP contribution in [0.25, 0.3) is 11.1 Å². The van der Waals surface area contributed by atoms with Crippen LogP contribution in [0.3, 0.4) is 0 Å². The number of rotatable bonds is 1. The van der Waals surface area contributed by atoms with Crippen molar-refractivity contribution in [2.75, 3.05) is 0 Å². The van der Waals surface area contributed by atoms with Gasteiger partial charge < -0.3 is 0 Å². The van der Waals surface area contributed by atoms with E-state index in [9.17, 15) is 0 Å². The number of hydrogen-bond donors (Lipinski definition) is 0. The van der Waals surface area contributed by atoms with Crippen molar-refractivity contribution in [1.82, 2.24) is 0 Å². The van der Waals surface area contributed by atoms with E-state index in [4.69, 9.17) is 0 Å². The van der Waals surface area contributed by atoms with Crippen molar-refractivity contribution in [3.8, 4) is 11.1 Å². The van der Waals surface area contributed by atoms with E-state index < -0.39 is 0 Å². The lowest BCUT2D eigenvalue weighted by molar-refractivity contribution is 1.36. The van der Waals surface area contributed by atoms with E-state index in [-0.39, 0.29) is 0 Å². The van der Waals surface area contributed by atoms with Crippen LogP contribution in [-0.4, -0.2) is 0 Å². The molecule has 0 aliphatic heterocycles. The summed E-state index contributed by atoms with van der Waals surface area (Å²) in [6, 6.07) is 16.0. The van der Waals surface area contributed by atoms with Gasteiger partial charge in [-0.05, 0) is 49.1 Å². The third-order valence-corrected chi connectivity index (χ3v) is 2.74. The first kappa shape index (κ1) is 9.97. The SMILES string of the molecule is Cc1ccc(-c2c(C)[c]ccc2C)cc1. The van der Waals surface area contributed by atoms with Gasteiger partial charge in [-0.3, -0.25) is 0 Å². The molecule has 0 spiro atoms. The summed E-state index contributed by atoms with van der Waals surface area (Å²) in [7, 11) is 0. The van der Waals surface area contributed by atoms with Crippen LogP contribution in [0.15, 0.2) is 36.4 Å². The number of hydrogen-bond acceptors (Lipinski definition) is 0. The molecule has 0 N–H and O–H groups in total. The van der Waals surface area contributed by atoms with Gasteiger partial charge in [0.05, 0.1) is 0 Å². The van der Waals surface area contributed by atoms with Gasteiger partial charge >= 0.3 is 0 Å². The molecule has 0 atom stereocenters. The zero-order valence-electron chi connectivity index (χ0n) is 9.46. The molecule has 0 aromatic heterocycles. The summed E-state index contributed by atoms with van der Waals surface area (Å²) >= 11 is 0. The highest BCUT2D eigenvalue weighted by molar-refractivity contribution is 5.70. The predicted octanol–water partition coefficient (Wildman–Crippen LogP) is 4.08. The molecular weight excluding hydrogens is 180 g/mol. The average Bonchev–Trinajstić information content (AvgIpc) is 2.20. The Morgan fingerprint density at radius 3 is 2.13 bits per heavy atom. The molecule has 15 heavy (non-hydrogen) atoms. The van der Waals surface area contributed by atoms with Gasteiger partial charge in [-0.25, -0.2) is 0 Å². The van der Waals surface area contributed by atoms with E-state index in [1.165, 1.54) is 27.8 Å². The summed E-state index contributed by atoms with van der Waals surface area (Å²) < 4.78 is 0. The van der Waals surface area contributed by atoms with Crippen LogP contribution in [0.4, 0.5) is 0 Å². The van der Waals surface area contributed by atoms with Gasteiger partial charge in [0.2, 0.25) is 0 Å². The highest BCUT2D eigenvalue weighted by Crippen LogP contribution is 2.26. The van der Waals surface area contributed by atoms with Crippen molar-refractivity contribution in [2.45, 2.75) is 20.8 Å². The van der Waals surface area contributed by atoms with Crippen LogP contribution < -0.4 is 0 Å². The molecule has 0 nitrogen and oxygen atoms in total. The molecule has 0 saturated carbocycles. The molecule has 0 fully saturated rings. The van der Waals surface area contributed by atoms with Crippen molar-refractivity contribution in [3.63, 3.8) is 0 Å². The molecule has 0 saturated heterocycles. The maximum absolute atomic E-state index is 3.25. The van der Waals surface area contributed by atoms with Crippen LogP contribution >= 0.6 is 0 Å². The maximum Gasteiger partial charge on any atom is -0.0119 e. The summed E-state index contributed by atoms with van der Waals surface area (Å²) in [5.41, 5.74) is 6.44. The summed E-state index contributed by atoms with van der Waals surface area (Å²) in [5, 5.41) is 0. The minimum Gasteiger partial charge on any atom is -0.0587 e. The number of benzene rings is 2. The lowest BCUT2D eigenvalue weighted by Crippen LogP contribution is -1.87. The molecule has 1 radical (unpaired) electrons. The molecular formula is C15H15. The van der Waals surface area contributed by atoms with Gasteiger partial charge in [-0.2, -0.15) is 0 Å². The highest BCUT2D eigenvalue weighted by Gasteiger charge is 2.04. The van der Waals surface area contributed by atoms with Gasteiger partial charge in [0.25, 0.3) is 0 Å². The van der Waals surface area contributed by atoms with Crippen molar-refractivity contribution < 1.29 is 0 Å². The third-order valence-electron chi connectivity index (χ3n) is 2.74. The third kappa shape index (κ3) is 1.94. The van der Waals surface area contributed by atoms with Gasteiger partial charge in [0.1, 0.15) is 0 Å². The van der Waals surface area contributed by atoms with Gasteiger partial charge in [0, 0.05) is 0 Å². The molecule has 0 unspecified atom stereocenters. The van der Waals surface area contributed by atoms with Crippen molar-refractivity contribution in [2.24, 2.45) is 0 Å². The highest BCUT2D eigenvalue weighted by atomic mass is 14.1. The molecule has 2 rings (SSSR count). The van der Waals surface area contributed by atoms with Gasteiger partial charge in [-0.15, -0.1) is 0 Å². The number of aryl methyl sites for hydroxylation is 3. The lowest BCUT2D eigenvalue weighted by Gasteiger charge is -2.09. The maximum atomic E-state index is 3.25. The van der Waals surface area contributed by atoms with Gasteiger partial charge in [-0.1, -0.05) is 42.0 Å². The first-order chi connectivity index (χ1) is 7.18. The van der Waals surface area contributed by atoms with Gasteiger partial charge in [0.15, 0.2) is 0 Å². The normalized spacial score (nSPS) is 10.3. The molecule has 2 aromatic carbocycles. The second-order valence-electron chi connectivity index (χ2n) is 4.03. The molecule has 75 valence electrons. The minimum absolute atomic E-state index is 1.22. The van der Waals surface area contributed by atoms with E-state index in [0.29, 0.717) is 0 Å². The molecule has 0 heteroatoms. The van der Waals surface area contributed by atoms with E-state index in [0.717, 1.165) is 0 Å².